The molecule has 2 fully saturated rings. The number of imide groups is 1. The minimum absolute atomic E-state index is 0.100. The number of fused-ring (bicyclic) bond motifs is 4. The van der Waals surface area contributed by atoms with Crippen molar-refractivity contribution in [3.63, 3.8) is 0 Å². The monoisotopic (exact) mass is 403 g/mol. The standard InChI is InChI=1S/C24H25N3O3/c1-14(2)20-18-19(24(26-20)16-10-6-7-11-17(16)25-23(24)30)22(29)27(21(18)28)13-12-15-8-4-3-5-9-15/h3-11,14,18-20,26H,12-13H2,1-2H3,(H,25,30)/t18-,19-,20+,24+/m0/s1. The number of rotatable bonds is 4. The Morgan fingerprint density at radius 1 is 0.967 bits per heavy atom. The van der Waals surface area contributed by atoms with Crippen LogP contribution in [-0.4, -0.2) is 35.2 Å². The highest BCUT2D eigenvalue weighted by Gasteiger charge is 2.70. The third-order valence-electron chi connectivity index (χ3n) is 6.83. The molecule has 2 aromatic carbocycles. The maximum atomic E-state index is 13.6. The van der Waals surface area contributed by atoms with Crippen molar-refractivity contribution in [3.8, 4) is 0 Å². The fraction of sp³-hybridized carbons (Fsp3) is 0.375. The number of para-hydroxylation sites is 1. The second-order valence-corrected chi connectivity index (χ2v) is 8.79. The van der Waals surface area contributed by atoms with E-state index in [1.807, 2.05) is 68.4 Å². The summed E-state index contributed by atoms with van der Waals surface area (Å²) in [5.41, 5.74) is 1.36. The maximum absolute atomic E-state index is 13.6. The molecule has 0 unspecified atom stereocenters. The van der Waals surface area contributed by atoms with E-state index >= 15 is 0 Å². The predicted molar refractivity (Wildman–Crippen MR) is 112 cm³/mol. The molecular weight excluding hydrogens is 378 g/mol. The Morgan fingerprint density at radius 3 is 2.40 bits per heavy atom. The number of hydrogen-bond acceptors (Lipinski definition) is 4. The zero-order valence-electron chi connectivity index (χ0n) is 17.1. The van der Waals surface area contributed by atoms with Gasteiger partial charge >= 0.3 is 0 Å². The van der Waals surface area contributed by atoms with Crippen LogP contribution >= 0.6 is 0 Å². The van der Waals surface area contributed by atoms with E-state index in [4.69, 9.17) is 0 Å². The molecule has 154 valence electrons. The van der Waals surface area contributed by atoms with Crippen LogP contribution in [0.15, 0.2) is 54.6 Å². The van der Waals surface area contributed by atoms with Crippen molar-refractivity contribution in [3.05, 3.63) is 65.7 Å². The minimum atomic E-state index is -1.19. The van der Waals surface area contributed by atoms with Gasteiger partial charge in [0.05, 0.1) is 11.8 Å². The first-order valence-corrected chi connectivity index (χ1v) is 10.5. The Labute approximate surface area is 175 Å². The van der Waals surface area contributed by atoms with E-state index in [2.05, 4.69) is 10.6 Å². The fourth-order valence-corrected chi connectivity index (χ4v) is 5.43. The quantitative estimate of drug-likeness (QED) is 0.768. The lowest BCUT2D eigenvalue weighted by Crippen LogP contribution is -2.54. The lowest BCUT2D eigenvalue weighted by atomic mass is 9.76. The number of likely N-dealkylation sites (tertiary alicyclic amines) is 1. The van der Waals surface area contributed by atoms with Crippen molar-refractivity contribution in [2.75, 3.05) is 11.9 Å². The molecule has 2 aromatic rings. The van der Waals surface area contributed by atoms with Crippen LogP contribution in [0.25, 0.3) is 0 Å². The van der Waals surface area contributed by atoms with Crippen molar-refractivity contribution >= 4 is 23.4 Å². The molecule has 5 rings (SSSR count). The summed E-state index contributed by atoms with van der Waals surface area (Å²) in [5.74, 6) is -1.82. The number of amides is 3. The first-order chi connectivity index (χ1) is 14.4. The summed E-state index contributed by atoms with van der Waals surface area (Å²) in [5, 5.41) is 6.38. The van der Waals surface area contributed by atoms with Gasteiger partial charge in [-0.05, 0) is 24.0 Å². The van der Waals surface area contributed by atoms with E-state index in [1.165, 1.54) is 4.90 Å². The zero-order valence-corrected chi connectivity index (χ0v) is 17.1. The highest BCUT2D eigenvalue weighted by atomic mass is 16.2. The van der Waals surface area contributed by atoms with Crippen LogP contribution < -0.4 is 10.6 Å². The van der Waals surface area contributed by atoms with E-state index in [-0.39, 0.29) is 29.7 Å². The Morgan fingerprint density at radius 2 is 1.67 bits per heavy atom. The van der Waals surface area contributed by atoms with Gasteiger partial charge in [-0.2, -0.15) is 0 Å². The van der Waals surface area contributed by atoms with Gasteiger partial charge in [0.1, 0.15) is 5.54 Å². The van der Waals surface area contributed by atoms with Gasteiger partial charge in [0, 0.05) is 23.8 Å². The average Bonchev–Trinajstić information content (AvgIpc) is 3.33. The van der Waals surface area contributed by atoms with Crippen molar-refractivity contribution in [1.82, 2.24) is 10.2 Å². The lowest BCUT2D eigenvalue weighted by molar-refractivity contribution is -0.142. The predicted octanol–water partition coefficient (Wildman–Crippen LogP) is 2.31. The van der Waals surface area contributed by atoms with Gasteiger partial charge in [-0.1, -0.05) is 62.4 Å². The first-order valence-electron chi connectivity index (χ1n) is 10.5. The molecule has 6 nitrogen and oxygen atoms in total. The molecule has 1 spiro atoms. The molecule has 30 heavy (non-hydrogen) atoms. The summed E-state index contributed by atoms with van der Waals surface area (Å²) in [6.07, 6.45) is 0.604. The van der Waals surface area contributed by atoms with E-state index in [9.17, 15) is 14.4 Å². The normalized spacial score (nSPS) is 29.6. The average molecular weight is 403 g/mol. The summed E-state index contributed by atoms with van der Waals surface area (Å²) >= 11 is 0. The molecule has 0 aliphatic carbocycles. The molecule has 0 radical (unpaired) electrons. The van der Waals surface area contributed by atoms with Gasteiger partial charge in [0.25, 0.3) is 0 Å². The van der Waals surface area contributed by atoms with Crippen molar-refractivity contribution in [1.29, 1.82) is 0 Å². The van der Waals surface area contributed by atoms with Crippen molar-refractivity contribution in [2.24, 2.45) is 17.8 Å². The van der Waals surface area contributed by atoms with E-state index in [1.54, 1.807) is 0 Å². The summed E-state index contributed by atoms with van der Waals surface area (Å²) in [7, 11) is 0. The molecule has 0 saturated carbocycles. The highest BCUT2D eigenvalue weighted by Crippen LogP contribution is 2.53. The summed E-state index contributed by atoms with van der Waals surface area (Å²) in [6.45, 7) is 4.38. The number of nitrogens with zero attached hydrogens (tertiary/aromatic N) is 1. The van der Waals surface area contributed by atoms with Crippen LogP contribution in [0.3, 0.4) is 0 Å². The molecule has 4 atom stereocenters. The van der Waals surface area contributed by atoms with Gasteiger partial charge in [-0.3, -0.25) is 24.6 Å². The zero-order chi connectivity index (χ0) is 21.0. The molecule has 3 amide bonds. The van der Waals surface area contributed by atoms with Crippen molar-refractivity contribution in [2.45, 2.75) is 31.8 Å². The molecular formula is C24H25N3O3. The lowest BCUT2D eigenvalue weighted by Gasteiger charge is -2.30. The third kappa shape index (κ3) is 2.50. The topological polar surface area (TPSA) is 78.5 Å². The van der Waals surface area contributed by atoms with Gasteiger partial charge in [-0.15, -0.1) is 0 Å². The SMILES string of the molecule is CC(C)[C@H]1N[C@@]2(C(=O)Nc3ccccc32)[C@@H]2C(=O)N(CCc3ccccc3)C(=O)[C@H]12. The van der Waals surface area contributed by atoms with Crippen LogP contribution in [0.4, 0.5) is 5.69 Å². The molecule has 3 aliphatic heterocycles. The van der Waals surface area contributed by atoms with E-state index in [0.29, 0.717) is 18.7 Å². The van der Waals surface area contributed by atoms with Crippen LogP contribution in [0, 0.1) is 17.8 Å². The number of carbonyl (C=O) groups excluding carboxylic acids is 3. The van der Waals surface area contributed by atoms with Gasteiger partial charge in [0.2, 0.25) is 17.7 Å². The fourth-order valence-electron chi connectivity index (χ4n) is 5.43. The summed E-state index contributed by atoms with van der Waals surface area (Å²) in [6, 6.07) is 17.0. The molecule has 6 heteroatoms. The molecule has 3 heterocycles. The maximum Gasteiger partial charge on any atom is 0.250 e. The number of benzene rings is 2. The molecule has 0 bridgehead atoms. The smallest absolute Gasteiger partial charge is 0.250 e. The highest BCUT2D eigenvalue weighted by molar-refractivity contribution is 6.15. The second-order valence-electron chi connectivity index (χ2n) is 8.79. The second kappa shape index (κ2) is 6.77. The van der Waals surface area contributed by atoms with Gasteiger partial charge in [-0.25, -0.2) is 0 Å². The van der Waals surface area contributed by atoms with Crippen molar-refractivity contribution < 1.29 is 14.4 Å². The van der Waals surface area contributed by atoms with Crippen LogP contribution in [0.1, 0.15) is 25.0 Å². The number of hydrogen-bond donors (Lipinski definition) is 2. The Kier molecular flexibility index (Phi) is 4.29. The minimum Gasteiger partial charge on any atom is -0.324 e. The number of nitrogens with one attached hydrogen (secondary N) is 2. The van der Waals surface area contributed by atoms with E-state index < -0.39 is 17.4 Å². The van der Waals surface area contributed by atoms with Crippen LogP contribution in [0.5, 0.6) is 0 Å². The molecule has 0 aromatic heterocycles. The Bertz CT molecular complexity index is 1040. The Balaban J connectivity index is 1.54. The third-order valence-corrected chi connectivity index (χ3v) is 6.83. The first kappa shape index (κ1) is 19.0. The number of anilines is 1. The molecule has 3 aliphatic rings. The largest absolute Gasteiger partial charge is 0.324 e. The van der Waals surface area contributed by atoms with Crippen LogP contribution in [0.2, 0.25) is 0 Å². The van der Waals surface area contributed by atoms with E-state index in [0.717, 1.165) is 11.1 Å². The number of carbonyl (C=O) groups is 3. The van der Waals surface area contributed by atoms with Gasteiger partial charge < -0.3 is 5.32 Å². The molecule has 2 saturated heterocycles. The summed E-state index contributed by atoms with van der Waals surface area (Å²) in [4.78, 5) is 41.6. The van der Waals surface area contributed by atoms with Crippen LogP contribution in [-0.2, 0) is 26.3 Å². The van der Waals surface area contributed by atoms with Gasteiger partial charge in [0.15, 0.2) is 0 Å². The summed E-state index contributed by atoms with van der Waals surface area (Å²) < 4.78 is 0. The Hall–Kier alpha value is -2.99. The molecule has 2 N–H and O–H groups in total.